The van der Waals surface area contributed by atoms with Crippen LogP contribution >= 0.6 is 0 Å². The van der Waals surface area contributed by atoms with Crippen LogP contribution in [-0.4, -0.2) is 23.4 Å². The highest BCUT2D eigenvalue weighted by molar-refractivity contribution is 6.03. The molecule has 4 heteroatoms. The van der Waals surface area contributed by atoms with Crippen molar-refractivity contribution in [3.8, 4) is 0 Å². The Morgan fingerprint density at radius 1 is 1.50 bits per heavy atom. The molecule has 0 spiro atoms. The van der Waals surface area contributed by atoms with Crippen molar-refractivity contribution in [3.63, 3.8) is 0 Å². The summed E-state index contributed by atoms with van der Waals surface area (Å²) in [6, 6.07) is -0.443. The van der Waals surface area contributed by atoms with E-state index in [9.17, 15) is 9.59 Å². The monoisotopic (exact) mass is 167 g/mol. The summed E-state index contributed by atoms with van der Waals surface area (Å²) in [6.07, 6.45) is 2.23. The van der Waals surface area contributed by atoms with E-state index in [1.807, 2.05) is 6.92 Å². The summed E-state index contributed by atoms with van der Waals surface area (Å²) in [5.74, 6) is -0.454. The zero-order chi connectivity index (χ0) is 9.14. The minimum absolute atomic E-state index is 0.443. The Morgan fingerprint density at radius 2 is 2.17 bits per heavy atom. The highest BCUT2D eigenvalue weighted by Gasteiger charge is 2.23. The molecule has 1 aliphatic heterocycles. The van der Waals surface area contributed by atoms with Crippen molar-refractivity contribution in [2.24, 2.45) is 0 Å². The molecule has 1 rings (SSSR count). The van der Waals surface area contributed by atoms with Gasteiger partial charge in [0.15, 0.2) is 0 Å². The van der Waals surface area contributed by atoms with E-state index in [1.165, 1.54) is 11.0 Å². The molecule has 1 radical (unpaired) electrons. The van der Waals surface area contributed by atoms with Crippen LogP contribution in [0.15, 0.2) is 11.8 Å². The molecule has 0 bridgehead atoms. The summed E-state index contributed by atoms with van der Waals surface area (Å²) in [7, 11) is 0. The molecule has 0 saturated heterocycles. The lowest BCUT2D eigenvalue weighted by Gasteiger charge is -2.24. The first-order valence-corrected chi connectivity index (χ1v) is 3.90. The lowest BCUT2D eigenvalue weighted by molar-refractivity contribution is -0.116. The fraction of sp³-hybridized carbons (Fsp3) is 0.500. The van der Waals surface area contributed by atoms with Gasteiger partial charge in [0, 0.05) is 18.3 Å². The van der Waals surface area contributed by atoms with Crippen molar-refractivity contribution >= 4 is 11.9 Å². The van der Waals surface area contributed by atoms with Crippen LogP contribution in [0.3, 0.4) is 0 Å². The molecule has 0 aliphatic carbocycles. The second-order valence-corrected chi connectivity index (χ2v) is 2.67. The molecule has 0 N–H and O–H groups in total. The maximum absolute atomic E-state index is 11.1. The first-order chi connectivity index (χ1) is 5.65. The number of nitrogens with zero attached hydrogens (tertiary/aromatic N) is 2. The Morgan fingerprint density at radius 3 is 2.67 bits per heavy atom. The normalized spacial score (nSPS) is 17.5. The van der Waals surface area contributed by atoms with Crippen molar-refractivity contribution in [2.45, 2.75) is 20.3 Å². The maximum Gasteiger partial charge on any atom is 0.351 e. The number of hydrogen-bond acceptors (Lipinski definition) is 2. The van der Waals surface area contributed by atoms with Crippen LogP contribution < -0.4 is 5.32 Å². The topological polar surface area (TPSA) is 51.5 Å². The third-order valence-electron chi connectivity index (χ3n) is 1.64. The summed E-state index contributed by atoms with van der Waals surface area (Å²) < 4.78 is 0. The molecule has 4 nitrogen and oxygen atoms in total. The summed E-state index contributed by atoms with van der Waals surface area (Å²) in [5.41, 5.74) is 0.682. The van der Waals surface area contributed by atoms with E-state index >= 15 is 0 Å². The molecule has 0 atom stereocenters. The number of rotatable bonds is 2. The second-order valence-electron chi connectivity index (χ2n) is 2.67. The van der Waals surface area contributed by atoms with E-state index in [-0.39, 0.29) is 0 Å². The maximum atomic E-state index is 11.1. The van der Waals surface area contributed by atoms with Crippen molar-refractivity contribution < 1.29 is 9.59 Å². The van der Waals surface area contributed by atoms with E-state index in [0.717, 1.165) is 6.42 Å². The summed E-state index contributed by atoms with van der Waals surface area (Å²) in [5, 5.41) is 3.30. The SMILES string of the molecule is CCCN1C(=O)[N]C(=O)C=C1C. The fourth-order valence-corrected chi connectivity index (χ4v) is 1.09. The smallest absolute Gasteiger partial charge is 0.296 e. The van der Waals surface area contributed by atoms with Crippen LogP contribution in [-0.2, 0) is 4.79 Å². The number of carbonyl (C=O) groups is 2. The van der Waals surface area contributed by atoms with Gasteiger partial charge in [-0.3, -0.25) is 9.69 Å². The van der Waals surface area contributed by atoms with E-state index in [0.29, 0.717) is 12.2 Å². The minimum atomic E-state index is -0.454. The Bertz CT molecular complexity index is 245. The lowest BCUT2D eigenvalue weighted by Crippen LogP contribution is -2.41. The zero-order valence-corrected chi connectivity index (χ0v) is 7.20. The molecule has 12 heavy (non-hydrogen) atoms. The van der Waals surface area contributed by atoms with Crippen LogP contribution in [0.1, 0.15) is 20.3 Å². The Kier molecular flexibility index (Phi) is 2.47. The summed E-state index contributed by atoms with van der Waals surface area (Å²) >= 11 is 0. The molecule has 0 fully saturated rings. The number of urea groups is 1. The van der Waals surface area contributed by atoms with Crippen LogP contribution in [0.2, 0.25) is 0 Å². The molecule has 3 amide bonds. The lowest BCUT2D eigenvalue weighted by atomic mass is 10.3. The predicted octanol–water partition coefficient (Wildman–Crippen LogP) is 0.867. The average Bonchev–Trinajstić information content (AvgIpc) is 1.96. The minimum Gasteiger partial charge on any atom is -0.296 e. The second kappa shape index (κ2) is 3.38. The van der Waals surface area contributed by atoms with Crippen LogP contribution in [0.4, 0.5) is 4.79 Å². The van der Waals surface area contributed by atoms with Crippen LogP contribution in [0.25, 0.3) is 0 Å². The molecule has 0 aromatic carbocycles. The molecular formula is C8H11N2O2. The van der Waals surface area contributed by atoms with Gasteiger partial charge in [-0.25, -0.2) is 4.79 Å². The molecule has 0 unspecified atom stereocenters. The standard InChI is InChI=1S/C8H11N2O2/c1-3-4-10-6(2)5-7(11)9-8(10)12/h5H,3-4H2,1-2H3. The van der Waals surface area contributed by atoms with Crippen LogP contribution in [0, 0.1) is 0 Å². The van der Waals surface area contributed by atoms with Crippen LogP contribution in [0.5, 0.6) is 0 Å². The number of imide groups is 1. The molecular weight excluding hydrogens is 156 g/mol. The molecule has 1 heterocycles. The van der Waals surface area contributed by atoms with Crippen molar-refractivity contribution in [1.82, 2.24) is 10.2 Å². The molecule has 0 aromatic heterocycles. The zero-order valence-electron chi connectivity index (χ0n) is 7.20. The Hall–Kier alpha value is -1.32. The largest absolute Gasteiger partial charge is 0.351 e. The number of hydrogen-bond donors (Lipinski definition) is 0. The van der Waals surface area contributed by atoms with Gasteiger partial charge in [-0.05, 0) is 13.3 Å². The van der Waals surface area contributed by atoms with Gasteiger partial charge in [0.2, 0.25) is 0 Å². The van der Waals surface area contributed by atoms with Gasteiger partial charge < -0.3 is 0 Å². The van der Waals surface area contributed by atoms with E-state index in [1.54, 1.807) is 6.92 Å². The van der Waals surface area contributed by atoms with Gasteiger partial charge in [-0.1, -0.05) is 6.92 Å². The van der Waals surface area contributed by atoms with Gasteiger partial charge in [0.1, 0.15) is 0 Å². The number of amides is 3. The van der Waals surface area contributed by atoms with E-state index in [2.05, 4.69) is 5.32 Å². The molecule has 1 aliphatic rings. The quantitative estimate of drug-likeness (QED) is 0.612. The highest BCUT2D eigenvalue weighted by atomic mass is 16.2. The first kappa shape index (κ1) is 8.77. The Labute approximate surface area is 71.2 Å². The van der Waals surface area contributed by atoms with Crippen molar-refractivity contribution in [1.29, 1.82) is 0 Å². The Balaban J connectivity index is 2.78. The molecule has 65 valence electrons. The third kappa shape index (κ3) is 1.64. The van der Waals surface area contributed by atoms with E-state index in [4.69, 9.17) is 0 Å². The van der Waals surface area contributed by atoms with Gasteiger partial charge in [-0.2, -0.15) is 5.32 Å². The number of carbonyl (C=O) groups excluding carboxylic acids is 2. The predicted molar refractivity (Wildman–Crippen MR) is 43.3 cm³/mol. The first-order valence-electron chi connectivity index (χ1n) is 3.90. The van der Waals surface area contributed by atoms with Crippen molar-refractivity contribution in [3.05, 3.63) is 11.8 Å². The third-order valence-corrected chi connectivity index (χ3v) is 1.64. The van der Waals surface area contributed by atoms with E-state index < -0.39 is 11.9 Å². The summed E-state index contributed by atoms with van der Waals surface area (Å²) in [4.78, 5) is 23.3. The fourth-order valence-electron chi connectivity index (χ4n) is 1.09. The van der Waals surface area contributed by atoms with Crippen molar-refractivity contribution in [2.75, 3.05) is 6.54 Å². The summed E-state index contributed by atoms with van der Waals surface area (Å²) in [6.45, 7) is 4.33. The number of allylic oxidation sites excluding steroid dienone is 1. The molecule has 0 saturated carbocycles. The van der Waals surface area contributed by atoms with Gasteiger partial charge in [-0.15, -0.1) is 0 Å². The average molecular weight is 167 g/mol. The highest BCUT2D eigenvalue weighted by Crippen LogP contribution is 2.09. The molecule has 0 aromatic rings. The van der Waals surface area contributed by atoms with Gasteiger partial charge >= 0.3 is 6.03 Å². The van der Waals surface area contributed by atoms with Gasteiger partial charge in [0.05, 0.1) is 0 Å². The van der Waals surface area contributed by atoms with Gasteiger partial charge in [0.25, 0.3) is 5.91 Å².